The van der Waals surface area contributed by atoms with Gasteiger partial charge in [0.2, 0.25) is 0 Å². The number of aromatic nitrogens is 4. The summed E-state index contributed by atoms with van der Waals surface area (Å²) >= 11 is 0. The molecule has 1 atom stereocenters. The van der Waals surface area contributed by atoms with Crippen LogP contribution in [0.15, 0.2) is 55.0 Å². The maximum absolute atomic E-state index is 4.34. The summed E-state index contributed by atoms with van der Waals surface area (Å²) in [5.74, 6) is 1.68. The van der Waals surface area contributed by atoms with Crippen molar-refractivity contribution in [2.45, 2.75) is 19.6 Å². The standard InChI is InChI=1S/C18H22N6/c1-3-15(9-16(4-1)13-23-8-2-6-21-23)10-19-11-17-12-20-18-5-7-22-24(18)14-17/h1-9,17,19-20H,10-14H2/t17-/m0/s1. The summed E-state index contributed by atoms with van der Waals surface area (Å²) in [6, 6.07) is 12.7. The summed E-state index contributed by atoms with van der Waals surface area (Å²) in [6.45, 7) is 4.65. The SMILES string of the molecule is c1cc(CNC[C@H]2CNc3ccnn3C2)cc(Cn2cccn2)c1. The Morgan fingerprint density at radius 3 is 3.00 bits per heavy atom. The molecule has 1 aromatic carbocycles. The molecule has 0 amide bonds. The van der Waals surface area contributed by atoms with E-state index in [2.05, 4.69) is 45.1 Å². The highest BCUT2D eigenvalue weighted by Crippen LogP contribution is 2.15. The fourth-order valence-electron chi connectivity index (χ4n) is 3.16. The molecule has 3 heterocycles. The predicted molar refractivity (Wildman–Crippen MR) is 93.7 cm³/mol. The largest absolute Gasteiger partial charge is 0.370 e. The molecule has 0 fully saturated rings. The first-order valence-corrected chi connectivity index (χ1v) is 8.38. The van der Waals surface area contributed by atoms with Gasteiger partial charge in [-0.2, -0.15) is 10.2 Å². The first-order valence-electron chi connectivity index (χ1n) is 8.38. The molecule has 1 aliphatic heterocycles. The van der Waals surface area contributed by atoms with Crippen LogP contribution in [0, 0.1) is 5.92 Å². The van der Waals surface area contributed by atoms with Crippen LogP contribution in [0.4, 0.5) is 5.82 Å². The van der Waals surface area contributed by atoms with E-state index < -0.39 is 0 Å². The van der Waals surface area contributed by atoms with Gasteiger partial charge in [-0.25, -0.2) is 4.68 Å². The van der Waals surface area contributed by atoms with E-state index in [0.717, 1.165) is 38.5 Å². The van der Waals surface area contributed by atoms with Crippen molar-refractivity contribution in [3.05, 3.63) is 66.1 Å². The lowest BCUT2D eigenvalue weighted by Crippen LogP contribution is -2.35. The van der Waals surface area contributed by atoms with Crippen LogP contribution >= 0.6 is 0 Å². The van der Waals surface area contributed by atoms with Gasteiger partial charge in [0.05, 0.1) is 12.7 Å². The van der Waals surface area contributed by atoms with Crippen LogP contribution in [0.2, 0.25) is 0 Å². The summed E-state index contributed by atoms with van der Waals surface area (Å²) in [5.41, 5.74) is 2.58. The first-order chi connectivity index (χ1) is 11.9. The molecule has 0 saturated heterocycles. The summed E-state index contributed by atoms with van der Waals surface area (Å²) in [6.07, 6.45) is 5.66. The monoisotopic (exact) mass is 322 g/mol. The molecule has 1 aliphatic rings. The normalized spacial score (nSPS) is 16.6. The van der Waals surface area contributed by atoms with Crippen molar-refractivity contribution < 1.29 is 0 Å². The molecule has 2 aromatic heterocycles. The van der Waals surface area contributed by atoms with Gasteiger partial charge < -0.3 is 10.6 Å². The molecule has 0 aliphatic carbocycles. The van der Waals surface area contributed by atoms with Crippen molar-refractivity contribution in [1.82, 2.24) is 24.9 Å². The van der Waals surface area contributed by atoms with Crippen molar-refractivity contribution in [3.8, 4) is 0 Å². The minimum atomic E-state index is 0.560. The molecular weight excluding hydrogens is 300 g/mol. The van der Waals surface area contributed by atoms with Gasteiger partial charge in [0.15, 0.2) is 0 Å². The van der Waals surface area contributed by atoms with E-state index in [1.807, 2.05) is 40.1 Å². The quantitative estimate of drug-likeness (QED) is 0.728. The summed E-state index contributed by atoms with van der Waals surface area (Å²) < 4.78 is 3.99. The van der Waals surface area contributed by atoms with Crippen LogP contribution in [0.1, 0.15) is 11.1 Å². The average Bonchev–Trinajstić information content (AvgIpc) is 3.26. The predicted octanol–water partition coefficient (Wildman–Crippen LogP) is 1.96. The topological polar surface area (TPSA) is 59.7 Å². The Hall–Kier alpha value is -2.60. The Balaban J connectivity index is 1.29. The molecule has 6 heteroatoms. The number of nitrogens with one attached hydrogen (secondary N) is 2. The van der Waals surface area contributed by atoms with E-state index >= 15 is 0 Å². The molecule has 3 aromatic rings. The zero-order valence-corrected chi connectivity index (χ0v) is 13.6. The third-order valence-corrected chi connectivity index (χ3v) is 4.38. The lowest BCUT2D eigenvalue weighted by Gasteiger charge is -2.25. The first kappa shape index (κ1) is 15.0. The summed E-state index contributed by atoms with van der Waals surface area (Å²) in [4.78, 5) is 0. The van der Waals surface area contributed by atoms with E-state index in [4.69, 9.17) is 0 Å². The molecule has 2 N–H and O–H groups in total. The van der Waals surface area contributed by atoms with Gasteiger partial charge in [-0.3, -0.25) is 4.68 Å². The van der Waals surface area contributed by atoms with E-state index in [1.165, 1.54) is 11.1 Å². The average molecular weight is 322 g/mol. The number of anilines is 1. The molecule has 0 spiro atoms. The summed E-state index contributed by atoms with van der Waals surface area (Å²) in [7, 11) is 0. The lowest BCUT2D eigenvalue weighted by atomic mass is 10.1. The smallest absolute Gasteiger partial charge is 0.124 e. The maximum Gasteiger partial charge on any atom is 0.124 e. The molecule has 6 nitrogen and oxygen atoms in total. The minimum absolute atomic E-state index is 0.560. The fourth-order valence-corrected chi connectivity index (χ4v) is 3.16. The van der Waals surface area contributed by atoms with Crippen molar-refractivity contribution in [1.29, 1.82) is 0 Å². The fraction of sp³-hybridized carbons (Fsp3) is 0.333. The van der Waals surface area contributed by atoms with Crippen molar-refractivity contribution >= 4 is 5.82 Å². The minimum Gasteiger partial charge on any atom is -0.370 e. The number of benzene rings is 1. The molecule has 0 saturated carbocycles. The van der Waals surface area contributed by atoms with Gasteiger partial charge in [0.1, 0.15) is 5.82 Å². The second-order valence-corrected chi connectivity index (χ2v) is 6.30. The van der Waals surface area contributed by atoms with E-state index in [0.29, 0.717) is 5.92 Å². The Kier molecular flexibility index (Phi) is 4.29. The maximum atomic E-state index is 4.34. The van der Waals surface area contributed by atoms with Crippen molar-refractivity contribution in [2.75, 3.05) is 18.4 Å². The van der Waals surface area contributed by atoms with Crippen LogP contribution in [0.3, 0.4) is 0 Å². The highest BCUT2D eigenvalue weighted by molar-refractivity contribution is 5.35. The Morgan fingerprint density at radius 1 is 1.12 bits per heavy atom. The molecule has 0 bridgehead atoms. The Morgan fingerprint density at radius 2 is 2.08 bits per heavy atom. The highest BCUT2D eigenvalue weighted by atomic mass is 15.3. The zero-order valence-electron chi connectivity index (χ0n) is 13.6. The van der Waals surface area contributed by atoms with Gasteiger partial charge in [-0.05, 0) is 17.2 Å². The van der Waals surface area contributed by atoms with Crippen molar-refractivity contribution in [3.63, 3.8) is 0 Å². The third kappa shape index (κ3) is 3.49. The van der Waals surface area contributed by atoms with Crippen LogP contribution < -0.4 is 10.6 Å². The van der Waals surface area contributed by atoms with Crippen LogP contribution in [0.5, 0.6) is 0 Å². The number of hydrogen-bond donors (Lipinski definition) is 2. The van der Waals surface area contributed by atoms with Crippen LogP contribution in [-0.2, 0) is 19.6 Å². The second kappa shape index (κ2) is 6.88. The highest BCUT2D eigenvalue weighted by Gasteiger charge is 2.17. The van der Waals surface area contributed by atoms with Gasteiger partial charge in [-0.1, -0.05) is 24.3 Å². The molecule has 0 radical (unpaired) electrons. The lowest BCUT2D eigenvalue weighted by molar-refractivity contribution is 0.391. The second-order valence-electron chi connectivity index (χ2n) is 6.30. The third-order valence-electron chi connectivity index (χ3n) is 4.38. The van der Waals surface area contributed by atoms with Crippen molar-refractivity contribution in [2.24, 2.45) is 5.92 Å². The van der Waals surface area contributed by atoms with Crippen LogP contribution in [0.25, 0.3) is 0 Å². The van der Waals surface area contributed by atoms with Gasteiger partial charge in [0.25, 0.3) is 0 Å². The van der Waals surface area contributed by atoms with E-state index in [9.17, 15) is 0 Å². The molecule has 124 valence electrons. The Labute approximate surface area is 141 Å². The summed E-state index contributed by atoms with van der Waals surface area (Å²) in [5, 5.41) is 15.6. The molecule has 4 rings (SSSR count). The van der Waals surface area contributed by atoms with E-state index in [1.54, 1.807) is 0 Å². The van der Waals surface area contributed by atoms with Gasteiger partial charge >= 0.3 is 0 Å². The van der Waals surface area contributed by atoms with Gasteiger partial charge in [-0.15, -0.1) is 0 Å². The number of hydrogen-bond acceptors (Lipinski definition) is 4. The molecular formula is C18H22N6. The van der Waals surface area contributed by atoms with Gasteiger partial charge in [0, 0.05) is 50.6 Å². The number of fused-ring (bicyclic) bond motifs is 1. The van der Waals surface area contributed by atoms with E-state index in [-0.39, 0.29) is 0 Å². The number of rotatable bonds is 6. The Bertz CT molecular complexity index is 776. The molecule has 24 heavy (non-hydrogen) atoms. The zero-order chi connectivity index (χ0) is 16.2. The molecule has 0 unspecified atom stereocenters. The number of nitrogens with zero attached hydrogens (tertiary/aromatic N) is 4. The van der Waals surface area contributed by atoms with Crippen LogP contribution in [-0.4, -0.2) is 32.7 Å².